The summed E-state index contributed by atoms with van der Waals surface area (Å²) in [6.07, 6.45) is 1.98. The molecule has 0 unspecified atom stereocenters. The van der Waals surface area contributed by atoms with Gasteiger partial charge in [0.25, 0.3) is 0 Å². The molecule has 0 aliphatic rings. The van der Waals surface area contributed by atoms with E-state index in [1.807, 2.05) is 56.3 Å². The third-order valence-electron chi connectivity index (χ3n) is 6.00. The van der Waals surface area contributed by atoms with E-state index >= 15 is 0 Å². The minimum Gasteiger partial charge on any atom is -0.497 e. The summed E-state index contributed by atoms with van der Waals surface area (Å²) in [5.74, 6) is 2.10. The molecule has 3 aromatic carbocycles. The average Bonchev–Trinajstić information content (AvgIpc) is 2.95. The lowest BCUT2D eigenvalue weighted by atomic mass is 10.1. The van der Waals surface area contributed by atoms with Gasteiger partial charge in [0.15, 0.2) is 0 Å². The molecule has 0 spiro atoms. The zero-order chi connectivity index (χ0) is 27.8. The van der Waals surface area contributed by atoms with E-state index in [9.17, 15) is 4.79 Å². The number of rotatable bonds is 10. The van der Waals surface area contributed by atoms with Crippen molar-refractivity contribution in [3.63, 3.8) is 0 Å². The van der Waals surface area contributed by atoms with Crippen LogP contribution in [0.25, 0.3) is 0 Å². The topological polar surface area (TPSA) is 97.8 Å². The number of para-hydroxylation sites is 1. The van der Waals surface area contributed by atoms with E-state index in [0.717, 1.165) is 35.5 Å². The second kappa shape index (κ2) is 12.6. The highest BCUT2D eigenvalue weighted by molar-refractivity contribution is 5.98. The van der Waals surface area contributed by atoms with Gasteiger partial charge in [-0.3, -0.25) is 0 Å². The van der Waals surface area contributed by atoms with Crippen LogP contribution in [0.3, 0.4) is 0 Å². The van der Waals surface area contributed by atoms with E-state index in [1.54, 1.807) is 37.6 Å². The first-order valence-corrected chi connectivity index (χ1v) is 12.7. The molecular formula is C30H33N5O4. The fraction of sp³-hybridized carbons (Fsp3) is 0.233. The van der Waals surface area contributed by atoms with Crippen molar-refractivity contribution in [1.29, 1.82) is 0 Å². The Hall–Kier alpha value is -4.79. The summed E-state index contributed by atoms with van der Waals surface area (Å²) in [7, 11) is 3.09. The summed E-state index contributed by atoms with van der Waals surface area (Å²) in [6.45, 7) is 6.81. The van der Waals surface area contributed by atoms with Crippen LogP contribution in [-0.2, 0) is 0 Å². The Bertz CT molecular complexity index is 1410. The van der Waals surface area contributed by atoms with Crippen LogP contribution >= 0.6 is 0 Å². The van der Waals surface area contributed by atoms with Gasteiger partial charge in [-0.1, -0.05) is 25.1 Å². The molecule has 0 aliphatic carbocycles. The number of hydrogen-bond donors (Lipinski definition) is 2. The van der Waals surface area contributed by atoms with E-state index in [4.69, 9.17) is 14.2 Å². The number of ether oxygens (including phenoxy) is 3. The molecule has 202 valence electrons. The van der Waals surface area contributed by atoms with Crippen LogP contribution in [0.2, 0.25) is 0 Å². The second-order valence-corrected chi connectivity index (χ2v) is 8.83. The molecular weight excluding hydrogens is 494 g/mol. The summed E-state index contributed by atoms with van der Waals surface area (Å²) >= 11 is 0. The highest BCUT2D eigenvalue weighted by atomic mass is 16.6. The fourth-order valence-electron chi connectivity index (χ4n) is 3.98. The van der Waals surface area contributed by atoms with Crippen molar-refractivity contribution in [2.45, 2.75) is 27.2 Å². The van der Waals surface area contributed by atoms with Crippen LogP contribution in [0.4, 0.5) is 33.6 Å². The number of carbonyl (C=O) groups is 1. The predicted molar refractivity (Wildman–Crippen MR) is 154 cm³/mol. The first-order chi connectivity index (χ1) is 18.9. The van der Waals surface area contributed by atoms with E-state index in [-0.39, 0.29) is 0 Å². The van der Waals surface area contributed by atoms with Gasteiger partial charge in [-0.15, -0.1) is 0 Å². The molecule has 0 radical (unpaired) electrons. The number of hydrogen-bond acceptors (Lipinski definition) is 8. The second-order valence-electron chi connectivity index (χ2n) is 8.83. The number of aromatic nitrogens is 2. The van der Waals surface area contributed by atoms with Gasteiger partial charge in [0.05, 0.1) is 19.9 Å². The number of benzene rings is 3. The fourth-order valence-corrected chi connectivity index (χ4v) is 3.98. The van der Waals surface area contributed by atoms with Gasteiger partial charge in [-0.25, -0.2) is 14.7 Å². The zero-order valence-electron chi connectivity index (χ0n) is 22.8. The largest absolute Gasteiger partial charge is 0.497 e. The molecule has 2 N–H and O–H groups in total. The summed E-state index contributed by atoms with van der Waals surface area (Å²) in [6, 6.07) is 20.3. The van der Waals surface area contributed by atoms with Crippen LogP contribution in [-0.4, -0.2) is 36.8 Å². The SMILES string of the molecule is CCCNc1ccc(Nc2nccc(N(C(=O)Oc3c(C)cccc3C)c3ccc(OC)cc3OC)n2)cc1. The first kappa shape index (κ1) is 27.3. The predicted octanol–water partition coefficient (Wildman–Crippen LogP) is 7.01. The van der Waals surface area contributed by atoms with E-state index < -0.39 is 6.09 Å². The van der Waals surface area contributed by atoms with Crippen LogP contribution in [0.15, 0.2) is 72.9 Å². The van der Waals surface area contributed by atoms with Crippen molar-refractivity contribution >= 4 is 34.9 Å². The lowest BCUT2D eigenvalue weighted by molar-refractivity contribution is 0.209. The molecule has 1 amide bonds. The summed E-state index contributed by atoms with van der Waals surface area (Å²) in [4.78, 5) is 24.1. The smallest absolute Gasteiger partial charge is 0.425 e. The van der Waals surface area contributed by atoms with Gasteiger partial charge >= 0.3 is 6.09 Å². The molecule has 4 aromatic rings. The maximum absolute atomic E-state index is 13.8. The highest BCUT2D eigenvalue weighted by Gasteiger charge is 2.27. The Labute approximate surface area is 228 Å². The lowest BCUT2D eigenvalue weighted by Crippen LogP contribution is -2.31. The quantitative estimate of drug-likeness (QED) is 0.227. The van der Waals surface area contributed by atoms with Gasteiger partial charge in [-0.2, -0.15) is 4.98 Å². The van der Waals surface area contributed by atoms with Crippen molar-refractivity contribution in [3.8, 4) is 17.2 Å². The summed E-state index contributed by atoms with van der Waals surface area (Å²) in [5.41, 5.74) is 3.95. The van der Waals surface area contributed by atoms with E-state index in [2.05, 4.69) is 27.5 Å². The van der Waals surface area contributed by atoms with Crippen molar-refractivity contribution < 1.29 is 19.0 Å². The third kappa shape index (κ3) is 6.56. The Morgan fingerprint density at radius 2 is 1.64 bits per heavy atom. The summed E-state index contributed by atoms with van der Waals surface area (Å²) < 4.78 is 16.9. The zero-order valence-corrected chi connectivity index (χ0v) is 22.8. The molecule has 9 nitrogen and oxygen atoms in total. The first-order valence-electron chi connectivity index (χ1n) is 12.7. The Morgan fingerprint density at radius 3 is 2.31 bits per heavy atom. The van der Waals surface area contributed by atoms with Gasteiger partial charge < -0.3 is 24.8 Å². The van der Waals surface area contributed by atoms with Crippen LogP contribution in [0.1, 0.15) is 24.5 Å². The normalized spacial score (nSPS) is 10.5. The van der Waals surface area contributed by atoms with Crippen molar-refractivity contribution in [2.24, 2.45) is 0 Å². The molecule has 0 aliphatic heterocycles. The molecule has 0 saturated carbocycles. The molecule has 39 heavy (non-hydrogen) atoms. The van der Waals surface area contributed by atoms with Crippen molar-refractivity contribution in [2.75, 3.05) is 36.3 Å². The summed E-state index contributed by atoms with van der Waals surface area (Å²) in [5, 5.41) is 6.56. The van der Waals surface area contributed by atoms with Crippen LogP contribution < -0.4 is 29.7 Å². The lowest BCUT2D eigenvalue weighted by Gasteiger charge is -2.24. The molecule has 1 heterocycles. The number of carbonyl (C=O) groups excluding carboxylic acids is 1. The van der Waals surface area contributed by atoms with Gasteiger partial charge in [0.2, 0.25) is 5.95 Å². The number of methoxy groups -OCH3 is 2. The minimum atomic E-state index is -0.646. The maximum atomic E-state index is 13.8. The number of anilines is 5. The molecule has 4 rings (SSSR count). The number of aryl methyl sites for hydroxylation is 2. The standard InChI is InChI=1S/C30H33N5O4/c1-6-17-31-22-10-12-23(13-11-22)33-29-32-18-16-27(34-29)35(25-15-14-24(37-4)19-26(25)38-5)30(36)39-28-20(2)8-7-9-21(28)3/h7-16,18-19,31H,6,17H2,1-5H3,(H,32,33,34). The van der Waals surface area contributed by atoms with Gasteiger partial charge in [0.1, 0.15) is 23.1 Å². The number of nitrogens with one attached hydrogen (secondary N) is 2. The number of nitrogens with zero attached hydrogens (tertiary/aromatic N) is 3. The Morgan fingerprint density at radius 1 is 0.923 bits per heavy atom. The van der Waals surface area contributed by atoms with Crippen molar-refractivity contribution in [3.05, 3.63) is 84.1 Å². The maximum Gasteiger partial charge on any atom is 0.425 e. The molecule has 0 atom stereocenters. The Kier molecular flexibility index (Phi) is 8.83. The average molecular weight is 528 g/mol. The molecule has 0 fully saturated rings. The molecule has 1 aromatic heterocycles. The molecule has 9 heteroatoms. The van der Waals surface area contributed by atoms with E-state index in [1.165, 1.54) is 12.0 Å². The number of amides is 1. The van der Waals surface area contributed by atoms with Crippen LogP contribution in [0.5, 0.6) is 17.2 Å². The van der Waals surface area contributed by atoms with E-state index in [0.29, 0.717) is 34.7 Å². The molecule has 0 saturated heterocycles. The third-order valence-corrected chi connectivity index (χ3v) is 6.00. The Balaban J connectivity index is 1.70. The van der Waals surface area contributed by atoms with Gasteiger partial charge in [-0.05, 0) is 67.8 Å². The molecule has 0 bridgehead atoms. The van der Waals surface area contributed by atoms with Gasteiger partial charge in [0, 0.05) is 36.2 Å². The highest BCUT2D eigenvalue weighted by Crippen LogP contribution is 2.37. The minimum absolute atomic E-state index is 0.299. The van der Waals surface area contributed by atoms with Crippen molar-refractivity contribution in [1.82, 2.24) is 9.97 Å². The van der Waals surface area contributed by atoms with Crippen LogP contribution in [0, 0.1) is 13.8 Å². The monoisotopic (exact) mass is 527 g/mol.